The standard InChI is InChI=1S/C10H11NO2S2/c1-13-8-2-4-15-10(8)7(12)6-9-11-3-5-14-9/h2-5,7,12H,6H2,1H3. The zero-order chi connectivity index (χ0) is 10.7. The van der Waals surface area contributed by atoms with E-state index in [2.05, 4.69) is 4.98 Å². The summed E-state index contributed by atoms with van der Waals surface area (Å²) in [5.74, 6) is 0.754. The molecule has 5 heteroatoms. The minimum atomic E-state index is -0.522. The number of rotatable bonds is 4. The van der Waals surface area contributed by atoms with Crippen LogP contribution in [0, 0.1) is 0 Å². The van der Waals surface area contributed by atoms with Gasteiger partial charge in [0.2, 0.25) is 0 Å². The zero-order valence-electron chi connectivity index (χ0n) is 8.21. The van der Waals surface area contributed by atoms with Crippen LogP contribution < -0.4 is 4.74 Å². The summed E-state index contributed by atoms with van der Waals surface area (Å²) in [5.41, 5.74) is 0. The molecule has 15 heavy (non-hydrogen) atoms. The van der Waals surface area contributed by atoms with E-state index < -0.39 is 6.10 Å². The van der Waals surface area contributed by atoms with Crippen LogP contribution in [0.5, 0.6) is 5.75 Å². The molecule has 0 aromatic carbocycles. The number of aromatic nitrogens is 1. The first-order chi connectivity index (χ1) is 7.31. The van der Waals surface area contributed by atoms with Gasteiger partial charge in [0.25, 0.3) is 0 Å². The molecule has 0 spiro atoms. The van der Waals surface area contributed by atoms with E-state index in [1.54, 1.807) is 24.6 Å². The summed E-state index contributed by atoms with van der Waals surface area (Å²) in [5, 5.41) is 14.8. The minimum Gasteiger partial charge on any atom is -0.495 e. The summed E-state index contributed by atoms with van der Waals surface area (Å²) < 4.78 is 5.16. The Kier molecular flexibility index (Phi) is 3.35. The van der Waals surface area contributed by atoms with Crippen LogP contribution in [0.4, 0.5) is 0 Å². The molecule has 0 saturated carbocycles. The highest BCUT2D eigenvalue weighted by molar-refractivity contribution is 7.10. The molecular weight excluding hydrogens is 230 g/mol. The topological polar surface area (TPSA) is 42.4 Å². The number of hydrogen-bond acceptors (Lipinski definition) is 5. The van der Waals surface area contributed by atoms with Crippen LogP contribution in [0.2, 0.25) is 0 Å². The largest absolute Gasteiger partial charge is 0.495 e. The normalized spacial score (nSPS) is 12.7. The van der Waals surface area contributed by atoms with E-state index in [4.69, 9.17) is 4.74 Å². The maximum absolute atomic E-state index is 9.99. The first-order valence-electron chi connectivity index (χ1n) is 4.49. The Morgan fingerprint density at radius 2 is 2.33 bits per heavy atom. The van der Waals surface area contributed by atoms with Gasteiger partial charge in [-0.25, -0.2) is 4.98 Å². The second kappa shape index (κ2) is 4.74. The van der Waals surface area contributed by atoms with Crippen LogP contribution in [0.3, 0.4) is 0 Å². The van der Waals surface area contributed by atoms with Gasteiger partial charge < -0.3 is 9.84 Å². The number of aliphatic hydroxyl groups is 1. The van der Waals surface area contributed by atoms with Crippen molar-refractivity contribution in [2.75, 3.05) is 7.11 Å². The molecule has 0 aliphatic heterocycles. The molecule has 0 saturated heterocycles. The Balaban J connectivity index is 2.11. The van der Waals surface area contributed by atoms with Crippen LogP contribution in [0.1, 0.15) is 16.0 Å². The van der Waals surface area contributed by atoms with Crippen molar-refractivity contribution in [3.63, 3.8) is 0 Å². The Hall–Kier alpha value is -0.910. The second-order valence-electron chi connectivity index (χ2n) is 3.00. The molecule has 0 aliphatic carbocycles. The van der Waals surface area contributed by atoms with E-state index in [1.165, 1.54) is 11.3 Å². The fourth-order valence-electron chi connectivity index (χ4n) is 1.33. The number of methoxy groups -OCH3 is 1. The number of ether oxygens (including phenoxy) is 1. The molecule has 2 rings (SSSR count). The van der Waals surface area contributed by atoms with Gasteiger partial charge in [-0.15, -0.1) is 22.7 Å². The maximum Gasteiger partial charge on any atom is 0.135 e. The Morgan fingerprint density at radius 1 is 1.47 bits per heavy atom. The van der Waals surface area contributed by atoms with Crippen molar-refractivity contribution in [2.45, 2.75) is 12.5 Å². The molecule has 1 N–H and O–H groups in total. The fraction of sp³-hybridized carbons (Fsp3) is 0.300. The molecule has 2 aromatic rings. The average Bonchev–Trinajstić information content (AvgIpc) is 2.86. The molecule has 0 fully saturated rings. The number of thiophene rings is 1. The van der Waals surface area contributed by atoms with Crippen molar-refractivity contribution in [2.24, 2.45) is 0 Å². The molecule has 0 aliphatic rings. The maximum atomic E-state index is 9.99. The summed E-state index contributed by atoms with van der Waals surface area (Å²) in [7, 11) is 1.61. The van der Waals surface area contributed by atoms with Gasteiger partial charge in [0, 0.05) is 18.0 Å². The molecule has 1 atom stereocenters. The monoisotopic (exact) mass is 241 g/mol. The van der Waals surface area contributed by atoms with Gasteiger partial charge in [-0.2, -0.15) is 0 Å². The molecular formula is C10H11NO2S2. The molecule has 2 heterocycles. The van der Waals surface area contributed by atoms with Gasteiger partial charge in [-0.3, -0.25) is 0 Å². The quantitative estimate of drug-likeness (QED) is 0.894. The van der Waals surface area contributed by atoms with E-state index >= 15 is 0 Å². The lowest BCUT2D eigenvalue weighted by molar-refractivity contribution is 0.178. The highest BCUT2D eigenvalue weighted by atomic mass is 32.1. The van der Waals surface area contributed by atoms with Crippen LogP contribution in [-0.2, 0) is 6.42 Å². The highest BCUT2D eigenvalue weighted by Crippen LogP contribution is 2.32. The number of aliphatic hydroxyl groups excluding tert-OH is 1. The SMILES string of the molecule is COc1ccsc1C(O)Cc1nccs1. The molecule has 2 aromatic heterocycles. The van der Waals surface area contributed by atoms with Crippen molar-refractivity contribution in [1.82, 2.24) is 4.98 Å². The van der Waals surface area contributed by atoms with E-state index in [0.717, 1.165) is 15.6 Å². The van der Waals surface area contributed by atoms with Gasteiger partial charge >= 0.3 is 0 Å². The van der Waals surface area contributed by atoms with Gasteiger partial charge in [-0.05, 0) is 11.4 Å². The van der Waals surface area contributed by atoms with E-state index in [1.807, 2.05) is 16.8 Å². The summed E-state index contributed by atoms with van der Waals surface area (Å²) in [4.78, 5) is 5.01. The van der Waals surface area contributed by atoms with Gasteiger partial charge in [0.1, 0.15) is 5.75 Å². The fourth-order valence-corrected chi connectivity index (χ4v) is 2.83. The average molecular weight is 241 g/mol. The van der Waals surface area contributed by atoms with Gasteiger partial charge in [0.05, 0.1) is 23.1 Å². The summed E-state index contributed by atoms with van der Waals surface area (Å²) in [6.45, 7) is 0. The third-order valence-corrected chi connectivity index (χ3v) is 3.83. The zero-order valence-corrected chi connectivity index (χ0v) is 9.85. The molecule has 0 radical (unpaired) electrons. The summed E-state index contributed by atoms with van der Waals surface area (Å²) in [6.07, 6.45) is 1.78. The third kappa shape index (κ3) is 2.37. The smallest absolute Gasteiger partial charge is 0.135 e. The second-order valence-corrected chi connectivity index (χ2v) is 4.93. The third-order valence-electron chi connectivity index (χ3n) is 2.03. The predicted octanol–water partition coefficient (Wildman–Crippen LogP) is 2.49. The molecule has 1 unspecified atom stereocenters. The first kappa shape index (κ1) is 10.6. The van der Waals surface area contributed by atoms with Gasteiger partial charge in [0.15, 0.2) is 0 Å². The predicted molar refractivity (Wildman–Crippen MR) is 61.6 cm³/mol. The minimum absolute atomic E-state index is 0.522. The number of hydrogen-bond donors (Lipinski definition) is 1. The van der Waals surface area contributed by atoms with Crippen LogP contribution >= 0.6 is 22.7 Å². The number of nitrogens with zero attached hydrogens (tertiary/aromatic N) is 1. The molecule has 0 bridgehead atoms. The summed E-state index contributed by atoms with van der Waals surface area (Å²) >= 11 is 3.06. The molecule has 80 valence electrons. The van der Waals surface area contributed by atoms with Crippen LogP contribution in [-0.4, -0.2) is 17.2 Å². The van der Waals surface area contributed by atoms with E-state index in [-0.39, 0.29) is 0 Å². The molecule has 3 nitrogen and oxygen atoms in total. The van der Waals surface area contributed by atoms with Crippen molar-refractivity contribution < 1.29 is 9.84 Å². The van der Waals surface area contributed by atoms with E-state index in [0.29, 0.717) is 6.42 Å². The lowest BCUT2D eigenvalue weighted by atomic mass is 10.2. The van der Waals surface area contributed by atoms with Crippen molar-refractivity contribution in [3.8, 4) is 5.75 Å². The highest BCUT2D eigenvalue weighted by Gasteiger charge is 2.16. The first-order valence-corrected chi connectivity index (χ1v) is 6.25. The lowest BCUT2D eigenvalue weighted by Gasteiger charge is -2.08. The van der Waals surface area contributed by atoms with Crippen molar-refractivity contribution in [3.05, 3.63) is 32.9 Å². The van der Waals surface area contributed by atoms with Crippen molar-refractivity contribution >= 4 is 22.7 Å². The Morgan fingerprint density at radius 3 is 3.00 bits per heavy atom. The van der Waals surface area contributed by atoms with Gasteiger partial charge in [-0.1, -0.05) is 0 Å². The van der Waals surface area contributed by atoms with Crippen LogP contribution in [0.25, 0.3) is 0 Å². The lowest BCUT2D eigenvalue weighted by Crippen LogP contribution is -2.00. The Bertz CT molecular complexity index is 411. The van der Waals surface area contributed by atoms with Crippen molar-refractivity contribution in [1.29, 1.82) is 0 Å². The molecule has 0 amide bonds. The summed E-state index contributed by atoms with van der Waals surface area (Å²) in [6, 6.07) is 1.87. The van der Waals surface area contributed by atoms with Crippen LogP contribution in [0.15, 0.2) is 23.0 Å². The number of thiazole rings is 1. The Labute approximate surface area is 96.0 Å². The van der Waals surface area contributed by atoms with E-state index in [9.17, 15) is 5.11 Å².